The van der Waals surface area contributed by atoms with Gasteiger partial charge in [0, 0.05) is 57.8 Å². The molecule has 5 heterocycles. The summed E-state index contributed by atoms with van der Waals surface area (Å²) in [6.45, 7) is 0.792. The maximum absolute atomic E-state index is 7.07. The van der Waals surface area contributed by atoms with Crippen LogP contribution in [-0.4, -0.2) is 27.9 Å². The number of hydrogen-bond acceptors (Lipinski definition) is 4. The minimum Gasteiger partial charge on any atom is -0.485 e. The van der Waals surface area contributed by atoms with Crippen molar-refractivity contribution in [1.29, 1.82) is 0 Å². The summed E-state index contributed by atoms with van der Waals surface area (Å²) in [6, 6.07) is 21.7. The van der Waals surface area contributed by atoms with Crippen LogP contribution < -0.4 is 10.1 Å². The lowest BCUT2D eigenvalue weighted by Gasteiger charge is -2.61. The third kappa shape index (κ3) is 3.63. The first kappa shape index (κ1) is 26.4. The molecule has 0 saturated carbocycles. The van der Waals surface area contributed by atoms with Gasteiger partial charge in [-0.15, -0.1) is 0 Å². The van der Waals surface area contributed by atoms with Crippen molar-refractivity contribution in [2.45, 2.75) is 43.1 Å². The molecular formula is C41H35N3O2. The molecule has 2 aromatic carbocycles. The van der Waals surface area contributed by atoms with Crippen molar-refractivity contribution in [3.63, 3.8) is 0 Å². The zero-order valence-electron chi connectivity index (χ0n) is 25.5. The fourth-order valence-electron chi connectivity index (χ4n) is 9.45. The molecule has 3 aliphatic carbocycles. The van der Waals surface area contributed by atoms with E-state index in [1.165, 1.54) is 44.6 Å². The van der Waals surface area contributed by atoms with Crippen LogP contribution in [0.2, 0.25) is 0 Å². The average molecular weight is 602 g/mol. The standard InChI is InChI=1S/C41H35N3O2/c1-4-10-35-29(7-1)30-19-22-43-25-36(30)44(35)28-14-16-34-40(24-28)46-38-12-6-3-9-32(38)41(34)31-8-2-5-11-37(31)45-39-23-27(13-15-33(39)41)26-17-20-42-21-18-26/h1-4,6-10,12-24,31,33-34,37,39-40,43H,5,11,25H2. The summed E-state index contributed by atoms with van der Waals surface area (Å²) in [6.07, 6.45) is 29.3. The van der Waals surface area contributed by atoms with Gasteiger partial charge >= 0.3 is 0 Å². The summed E-state index contributed by atoms with van der Waals surface area (Å²) in [4.78, 5) is 4.25. The molecule has 5 heteroatoms. The number of para-hydroxylation sites is 2. The van der Waals surface area contributed by atoms with Gasteiger partial charge in [-0.25, -0.2) is 0 Å². The first-order valence-corrected chi connectivity index (χ1v) is 16.6. The maximum atomic E-state index is 7.07. The Kier molecular flexibility index (Phi) is 5.77. The molecule has 1 spiro atoms. The van der Waals surface area contributed by atoms with E-state index >= 15 is 0 Å². The van der Waals surface area contributed by atoms with Crippen LogP contribution in [0.4, 0.5) is 0 Å². The van der Waals surface area contributed by atoms with Crippen LogP contribution in [0.3, 0.4) is 0 Å². The highest BCUT2D eigenvalue weighted by atomic mass is 16.5. The van der Waals surface area contributed by atoms with Crippen molar-refractivity contribution in [3.05, 3.63) is 150 Å². The SMILES string of the molecule is C1=CC2C(CC1)OC1C=C(c3ccncc3)C=CC1C21c2ccccc2OC2C=C(n3c4c(c5ccccc53)C=CNC4)C=CC21. The molecule has 5 nitrogen and oxygen atoms in total. The molecule has 1 fully saturated rings. The van der Waals surface area contributed by atoms with E-state index in [4.69, 9.17) is 9.47 Å². The van der Waals surface area contributed by atoms with Gasteiger partial charge in [0.15, 0.2) is 0 Å². The van der Waals surface area contributed by atoms with Gasteiger partial charge in [-0.1, -0.05) is 66.8 Å². The summed E-state index contributed by atoms with van der Waals surface area (Å²) >= 11 is 0. The summed E-state index contributed by atoms with van der Waals surface area (Å²) < 4.78 is 16.5. The molecule has 0 radical (unpaired) electrons. The third-order valence-corrected chi connectivity index (χ3v) is 11.2. The lowest BCUT2D eigenvalue weighted by Crippen LogP contribution is -2.64. The molecular weight excluding hydrogens is 566 g/mol. The number of nitrogens with zero attached hydrogens (tertiary/aromatic N) is 2. The Morgan fingerprint density at radius 3 is 2.63 bits per heavy atom. The molecule has 46 heavy (non-hydrogen) atoms. The highest BCUT2D eigenvalue weighted by Crippen LogP contribution is 2.62. The van der Waals surface area contributed by atoms with E-state index in [0.29, 0.717) is 0 Å². The number of hydrogen-bond donors (Lipinski definition) is 1. The van der Waals surface area contributed by atoms with Gasteiger partial charge in [0.05, 0.1) is 30.0 Å². The Balaban J connectivity index is 1.15. The van der Waals surface area contributed by atoms with Crippen molar-refractivity contribution in [2.24, 2.45) is 17.8 Å². The van der Waals surface area contributed by atoms with Gasteiger partial charge in [0.1, 0.15) is 11.9 Å². The predicted octanol–water partition coefficient (Wildman–Crippen LogP) is 7.84. The van der Waals surface area contributed by atoms with Gasteiger partial charge in [0.2, 0.25) is 0 Å². The molecule has 4 aromatic rings. The molecule has 3 aliphatic heterocycles. The molecule has 2 aromatic heterocycles. The number of rotatable bonds is 2. The van der Waals surface area contributed by atoms with Crippen LogP contribution in [-0.2, 0) is 16.7 Å². The Labute approximate surface area is 268 Å². The lowest BCUT2D eigenvalue weighted by atomic mass is 9.48. The van der Waals surface area contributed by atoms with Crippen molar-refractivity contribution < 1.29 is 9.47 Å². The number of allylic oxidation sites excluding steroid dienone is 5. The average Bonchev–Trinajstić information content (AvgIpc) is 3.46. The van der Waals surface area contributed by atoms with Crippen LogP contribution in [0.1, 0.15) is 35.2 Å². The smallest absolute Gasteiger partial charge is 0.126 e. The van der Waals surface area contributed by atoms with Crippen LogP contribution in [0.25, 0.3) is 28.2 Å². The van der Waals surface area contributed by atoms with Gasteiger partial charge in [0.25, 0.3) is 0 Å². The minimum absolute atomic E-state index is 0.0372. The van der Waals surface area contributed by atoms with Crippen molar-refractivity contribution in [2.75, 3.05) is 0 Å². The Morgan fingerprint density at radius 2 is 1.67 bits per heavy atom. The first-order valence-electron chi connectivity index (χ1n) is 16.6. The second-order valence-corrected chi connectivity index (χ2v) is 13.3. The molecule has 7 atom stereocenters. The molecule has 10 rings (SSSR count). The number of nitrogens with one attached hydrogen (secondary N) is 1. The first-order chi connectivity index (χ1) is 22.8. The largest absolute Gasteiger partial charge is 0.485 e. The van der Waals surface area contributed by atoms with Crippen molar-refractivity contribution in [1.82, 2.24) is 14.9 Å². The normalized spacial score (nSPS) is 31.5. The number of aromatic nitrogens is 2. The fourth-order valence-corrected chi connectivity index (χ4v) is 9.45. The number of ether oxygens (including phenoxy) is 2. The van der Waals surface area contributed by atoms with Gasteiger partial charge < -0.3 is 19.4 Å². The fraction of sp³-hybridized carbons (Fsp3) is 0.244. The Hall–Kier alpha value is -4.87. The van der Waals surface area contributed by atoms with E-state index in [2.05, 4.69) is 136 Å². The second kappa shape index (κ2) is 10.1. The van der Waals surface area contributed by atoms with E-state index in [1.807, 2.05) is 12.4 Å². The summed E-state index contributed by atoms with van der Waals surface area (Å²) in [5, 5.41) is 4.73. The van der Waals surface area contributed by atoms with Crippen LogP contribution in [0.5, 0.6) is 5.75 Å². The predicted molar refractivity (Wildman–Crippen MR) is 183 cm³/mol. The summed E-state index contributed by atoms with van der Waals surface area (Å²) in [5.74, 6) is 1.51. The van der Waals surface area contributed by atoms with E-state index in [0.717, 1.165) is 25.1 Å². The summed E-state index contributed by atoms with van der Waals surface area (Å²) in [5.41, 5.74) is 8.43. The number of fused-ring (bicyclic) bond motifs is 11. The Bertz CT molecular complexity index is 2060. The van der Waals surface area contributed by atoms with E-state index in [-0.39, 0.29) is 41.5 Å². The van der Waals surface area contributed by atoms with Crippen LogP contribution >= 0.6 is 0 Å². The van der Waals surface area contributed by atoms with E-state index in [9.17, 15) is 0 Å². The maximum Gasteiger partial charge on any atom is 0.126 e. The summed E-state index contributed by atoms with van der Waals surface area (Å²) in [7, 11) is 0. The molecule has 6 aliphatic rings. The molecule has 1 N–H and O–H groups in total. The van der Waals surface area contributed by atoms with Gasteiger partial charge in [-0.2, -0.15) is 0 Å². The van der Waals surface area contributed by atoms with E-state index < -0.39 is 0 Å². The van der Waals surface area contributed by atoms with E-state index in [1.54, 1.807) is 0 Å². The molecule has 1 saturated heterocycles. The highest BCUT2D eigenvalue weighted by molar-refractivity contribution is 5.95. The molecule has 7 unspecified atom stereocenters. The van der Waals surface area contributed by atoms with Gasteiger partial charge in [-0.3, -0.25) is 4.98 Å². The van der Waals surface area contributed by atoms with Gasteiger partial charge in [-0.05, 0) is 78.7 Å². The third-order valence-electron chi connectivity index (χ3n) is 11.2. The topological polar surface area (TPSA) is 48.3 Å². The molecule has 0 bridgehead atoms. The monoisotopic (exact) mass is 601 g/mol. The van der Waals surface area contributed by atoms with Crippen LogP contribution in [0, 0.1) is 17.8 Å². The lowest BCUT2D eigenvalue weighted by molar-refractivity contribution is -0.142. The number of benzene rings is 2. The highest BCUT2D eigenvalue weighted by Gasteiger charge is 2.63. The zero-order valence-corrected chi connectivity index (χ0v) is 25.5. The zero-order chi connectivity index (χ0) is 30.2. The Morgan fingerprint density at radius 1 is 0.826 bits per heavy atom. The second-order valence-electron chi connectivity index (χ2n) is 13.3. The van der Waals surface area contributed by atoms with Crippen LogP contribution in [0.15, 0.2) is 128 Å². The molecule has 0 amide bonds. The van der Waals surface area contributed by atoms with Crippen molar-refractivity contribution >= 4 is 28.2 Å². The van der Waals surface area contributed by atoms with Crippen molar-refractivity contribution in [3.8, 4) is 5.75 Å². The quantitative estimate of drug-likeness (QED) is 0.238. The minimum atomic E-state index is -0.234. The number of pyridine rings is 1. The molecule has 226 valence electrons.